The molecule has 1 aliphatic heterocycles. The Morgan fingerprint density at radius 1 is 0.929 bits per heavy atom. The van der Waals surface area contributed by atoms with Crippen molar-refractivity contribution in [2.24, 2.45) is 0 Å². The van der Waals surface area contributed by atoms with Gasteiger partial charge in [-0.15, -0.1) is 0 Å². The van der Waals surface area contributed by atoms with Gasteiger partial charge in [0.05, 0.1) is 15.7 Å². The van der Waals surface area contributed by atoms with Gasteiger partial charge in [-0.3, -0.25) is 14.9 Å². The van der Waals surface area contributed by atoms with Gasteiger partial charge in [0.15, 0.2) is 0 Å². The van der Waals surface area contributed by atoms with Gasteiger partial charge >= 0.3 is 0 Å². The first-order valence-corrected chi connectivity index (χ1v) is 10.4. The topological polar surface area (TPSA) is 62.0 Å². The number of aromatic amines is 1. The maximum absolute atomic E-state index is 12.6. The summed E-state index contributed by atoms with van der Waals surface area (Å²) < 4.78 is 0.284. The molecule has 0 bridgehead atoms. The number of rotatable bonds is 6. The number of hydrogen-bond acceptors (Lipinski definition) is 2. The highest BCUT2D eigenvalue weighted by atomic mass is 79.9. The first-order chi connectivity index (χ1) is 13.6. The predicted octanol–water partition coefficient (Wildman–Crippen LogP) is 5.33. The van der Waals surface area contributed by atoms with Crippen molar-refractivity contribution in [1.82, 2.24) is 10.3 Å². The van der Waals surface area contributed by atoms with Crippen molar-refractivity contribution in [1.29, 1.82) is 0 Å². The number of unbranched alkanes of at least 4 members (excludes halogenated alkanes) is 2. The number of para-hydroxylation sites is 1. The molecule has 0 aliphatic carbocycles. The standard InChI is InChI=1S/C23H21BrN2O2/c1-2-3-5-9-14-12-8-13-16-17(18-19(24)23(28)26-22(18)27)21(25-20(14)16)15-10-6-4-7-11-15/h4,6-8,10-13,25H,2-3,5,9H2,1H3,(H,26,27,28). The number of H-pyrrole nitrogens is 1. The molecule has 3 aromatic rings. The highest BCUT2D eigenvalue weighted by molar-refractivity contribution is 9.12. The lowest BCUT2D eigenvalue weighted by atomic mass is 9.97. The van der Waals surface area contributed by atoms with Gasteiger partial charge in [-0.25, -0.2) is 0 Å². The van der Waals surface area contributed by atoms with Crippen molar-refractivity contribution in [2.75, 3.05) is 0 Å². The van der Waals surface area contributed by atoms with Crippen LogP contribution in [0.5, 0.6) is 0 Å². The molecule has 1 aliphatic rings. The summed E-state index contributed by atoms with van der Waals surface area (Å²) in [6, 6.07) is 16.1. The first-order valence-electron chi connectivity index (χ1n) is 9.56. The average molecular weight is 437 g/mol. The van der Waals surface area contributed by atoms with Crippen molar-refractivity contribution in [3.05, 3.63) is 64.1 Å². The number of carbonyl (C=O) groups excluding carboxylic acids is 2. The predicted molar refractivity (Wildman–Crippen MR) is 116 cm³/mol. The van der Waals surface area contributed by atoms with Crippen LogP contribution in [0, 0.1) is 0 Å². The van der Waals surface area contributed by atoms with Crippen molar-refractivity contribution in [3.63, 3.8) is 0 Å². The van der Waals surface area contributed by atoms with E-state index >= 15 is 0 Å². The molecule has 2 aromatic carbocycles. The molecule has 142 valence electrons. The minimum Gasteiger partial charge on any atom is -0.354 e. The zero-order valence-electron chi connectivity index (χ0n) is 15.6. The Balaban J connectivity index is 1.98. The number of aromatic nitrogens is 1. The third-order valence-corrected chi connectivity index (χ3v) is 5.91. The third kappa shape index (κ3) is 3.20. The average Bonchev–Trinajstić information content (AvgIpc) is 3.20. The summed E-state index contributed by atoms with van der Waals surface area (Å²) in [6.07, 6.45) is 4.45. The van der Waals surface area contributed by atoms with Crippen LogP contribution in [-0.2, 0) is 16.0 Å². The number of hydrogen-bond donors (Lipinski definition) is 2. The Labute approximate surface area is 172 Å². The maximum Gasteiger partial charge on any atom is 0.265 e. The number of benzene rings is 2. The molecule has 2 N–H and O–H groups in total. The van der Waals surface area contributed by atoms with E-state index in [1.165, 1.54) is 18.4 Å². The van der Waals surface area contributed by atoms with E-state index in [2.05, 4.69) is 39.2 Å². The van der Waals surface area contributed by atoms with Crippen molar-refractivity contribution in [3.8, 4) is 11.3 Å². The van der Waals surface area contributed by atoms with Crippen molar-refractivity contribution < 1.29 is 9.59 Å². The third-order valence-electron chi connectivity index (χ3n) is 5.16. The molecule has 0 spiro atoms. The van der Waals surface area contributed by atoms with Crippen molar-refractivity contribution in [2.45, 2.75) is 32.6 Å². The molecule has 0 radical (unpaired) electrons. The summed E-state index contributed by atoms with van der Waals surface area (Å²) in [4.78, 5) is 28.2. The Morgan fingerprint density at radius 3 is 2.39 bits per heavy atom. The SMILES string of the molecule is CCCCCc1cccc2c(C3=C(Br)C(=O)NC3=O)c(-c3ccccc3)[nH]c12. The number of carbonyl (C=O) groups is 2. The van der Waals surface area contributed by atoms with Gasteiger partial charge in [-0.05, 0) is 39.9 Å². The fraction of sp³-hybridized carbons (Fsp3) is 0.217. The molecular formula is C23H21BrN2O2. The van der Waals surface area contributed by atoms with Crippen LogP contribution in [0.4, 0.5) is 0 Å². The Hall–Kier alpha value is -2.66. The van der Waals surface area contributed by atoms with Crippen LogP contribution in [-0.4, -0.2) is 16.8 Å². The number of fused-ring (bicyclic) bond motifs is 1. The van der Waals surface area contributed by atoms with Crippen LogP contribution in [0.2, 0.25) is 0 Å². The lowest BCUT2D eigenvalue weighted by Crippen LogP contribution is -2.22. The molecule has 0 saturated carbocycles. The molecule has 5 heteroatoms. The molecule has 1 aromatic heterocycles. The molecule has 2 amide bonds. The summed E-state index contributed by atoms with van der Waals surface area (Å²) in [5.74, 6) is -0.765. The fourth-order valence-corrected chi connectivity index (χ4v) is 4.27. The maximum atomic E-state index is 12.6. The summed E-state index contributed by atoms with van der Waals surface area (Å²) in [5, 5.41) is 3.35. The second kappa shape index (κ2) is 7.76. The molecule has 0 unspecified atom stereocenters. The monoisotopic (exact) mass is 436 g/mol. The molecule has 0 fully saturated rings. The Bertz CT molecular complexity index is 1100. The first kappa shape index (κ1) is 18.7. The number of nitrogens with one attached hydrogen (secondary N) is 2. The zero-order valence-corrected chi connectivity index (χ0v) is 17.2. The van der Waals surface area contributed by atoms with E-state index in [0.717, 1.165) is 40.6 Å². The van der Waals surface area contributed by atoms with Gasteiger partial charge in [-0.2, -0.15) is 0 Å². The van der Waals surface area contributed by atoms with E-state index < -0.39 is 5.91 Å². The van der Waals surface area contributed by atoms with E-state index in [9.17, 15) is 9.59 Å². The summed E-state index contributed by atoms with van der Waals surface area (Å²) in [5.41, 5.74) is 5.27. The molecular weight excluding hydrogens is 416 g/mol. The normalized spacial score (nSPS) is 14.2. The van der Waals surface area contributed by atoms with Crippen LogP contribution < -0.4 is 5.32 Å². The zero-order chi connectivity index (χ0) is 19.7. The number of imide groups is 1. The van der Waals surface area contributed by atoms with Crippen LogP contribution in [0.15, 0.2) is 53.0 Å². The second-order valence-electron chi connectivity index (χ2n) is 7.01. The molecule has 4 nitrogen and oxygen atoms in total. The molecule has 2 heterocycles. The van der Waals surface area contributed by atoms with Gasteiger partial charge in [0.2, 0.25) is 0 Å². The van der Waals surface area contributed by atoms with Gasteiger partial charge in [0.25, 0.3) is 11.8 Å². The van der Waals surface area contributed by atoms with Gasteiger partial charge < -0.3 is 4.98 Å². The van der Waals surface area contributed by atoms with Crippen LogP contribution in [0.1, 0.15) is 37.3 Å². The van der Waals surface area contributed by atoms with Gasteiger partial charge in [-0.1, -0.05) is 68.3 Å². The summed E-state index contributed by atoms with van der Waals surface area (Å²) in [7, 11) is 0. The largest absolute Gasteiger partial charge is 0.354 e. The molecule has 0 saturated heterocycles. The quantitative estimate of drug-likeness (QED) is 0.405. The van der Waals surface area contributed by atoms with Crippen molar-refractivity contribution >= 4 is 44.2 Å². The molecule has 0 atom stereocenters. The summed E-state index contributed by atoms with van der Waals surface area (Å²) in [6.45, 7) is 2.19. The van der Waals surface area contributed by atoms with Crippen LogP contribution in [0.3, 0.4) is 0 Å². The Morgan fingerprint density at radius 2 is 1.71 bits per heavy atom. The van der Waals surface area contributed by atoms with Crippen LogP contribution in [0.25, 0.3) is 27.7 Å². The van der Waals surface area contributed by atoms with E-state index in [1.807, 2.05) is 42.5 Å². The molecule has 28 heavy (non-hydrogen) atoms. The fourth-order valence-electron chi connectivity index (χ4n) is 3.79. The van der Waals surface area contributed by atoms with Gasteiger partial charge in [0.1, 0.15) is 0 Å². The minimum absolute atomic E-state index is 0.284. The van der Waals surface area contributed by atoms with E-state index in [0.29, 0.717) is 5.57 Å². The lowest BCUT2D eigenvalue weighted by molar-refractivity contribution is -0.123. The van der Waals surface area contributed by atoms with E-state index in [4.69, 9.17) is 0 Å². The summed E-state index contributed by atoms with van der Waals surface area (Å²) >= 11 is 3.33. The van der Waals surface area contributed by atoms with E-state index in [1.54, 1.807) is 0 Å². The Kier molecular flexibility index (Phi) is 5.18. The lowest BCUT2D eigenvalue weighted by Gasteiger charge is -2.06. The highest BCUT2D eigenvalue weighted by Gasteiger charge is 2.33. The van der Waals surface area contributed by atoms with Gasteiger partial charge in [0, 0.05) is 16.5 Å². The second-order valence-corrected chi connectivity index (χ2v) is 7.80. The molecule has 4 rings (SSSR count). The number of aryl methyl sites for hydroxylation is 1. The number of amides is 2. The smallest absolute Gasteiger partial charge is 0.265 e. The number of halogens is 1. The van der Waals surface area contributed by atoms with Crippen LogP contribution >= 0.6 is 15.9 Å². The highest BCUT2D eigenvalue weighted by Crippen LogP contribution is 2.40. The van der Waals surface area contributed by atoms with E-state index in [-0.39, 0.29) is 10.4 Å². The minimum atomic E-state index is -0.396.